The zero-order valence-corrected chi connectivity index (χ0v) is 19.5. The van der Waals surface area contributed by atoms with E-state index in [1.54, 1.807) is 11.3 Å². The quantitative estimate of drug-likeness (QED) is 0.294. The van der Waals surface area contributed by atoms with E-state index in [1.807, 2.05) is 18.2 Å². The fraction of sp³-hybridized carbons (Fsp3) is 0.312. The fourth-order valence-corrected chi connectivity index (χ4v) is 3.77. The number of nitrogens with one attached hydrogen (secondary N) is 1. The molecule has 0 saturated carbocycles. The van der Waals surface area contributed by atoms with Crippen LogP contribution in [0.2, 0.25) is 5.02 Å². The minimum absolute atomic E-state index is 0.714. The molecular formula is C16H19Cl3N4O8S. The van der Waals surface area contributed by atoms with Crippen molar-refractivity contribution in [2.75, 3.05) is 38.5 Å². The third-order valence-electron chi connectivity index (χ3n) is 4.16. The Morgan fingerprint density at radius 3 is 2.09 bits per heavy atom. The number of hydrogen-bond donors (Lipinski definition) is 3. The van der Waals surface area contributed by atoms with Crippen LogP contribution in [-0.2, 0) is 0 Å². The van der Waals surface area contributed by atoms with E-state index in [-0.39, 0.29) is 0 Å². The molecule has 0 aliphatic carbocycles. The lowest BCUT2D eigenvalue weighted by molar-refractivity contribution is -1.92. The first-order valence-corrected chi connectivity index (χ1v) is 12.5. The highest BCUT2D eigenvalue weighted by Gasteiger charge is 2.24. The summed E-state index contributed by atoms with van der Waals surface area (Å²) in [7, 11) is -7.22. The zero-order chi connectivity index (χ0) is 24.1. The van der Waals surface area contributed by atoms with Crippen LogP contribution in [0.3, 0.4) is 0 Å². The second kappa shape index (κ2) is 11.2. The molecule has 16 heteroatoms. The van der Waals surface area contributed by atoms with E-state index in [0.29, 0.717) is 5.02 Å². The highest BCUT2D eigenvalue weighted by atomic mass is 35.7. The number of nitrogens with zero attached hydrogens (tertiary/aromatic N) is 3. The van der Waals surface area contributed by atoms with Crippen molar-refractivity contribution in [1.82, 2.24) is 9.80 Å². The first-order chi connectivity index (χ1) is 14.7. The van der Waals surface area contributed by atoms with Crippen molar-refractivity contribution >= 4 is 45.8 Å². The van der Waals surface area contributed by atoms with Gasteiger partial charge in [0.15, 0.2) is 0 Å². The molecule has 1 aromatic carbocycles. The van der Waals surface area contributed by atoms with Crippen LogP contribution in [0.15, 0.2) is 34.0 Å². The summed E-state index contributed by atoms with van der Waals surface area (Å²) in [5.41, 5.74) is 4.22. The minimum Gasteiger partial charge on any atom is -0.353 e. The Morgan fingerprint density at radius 2 is 1.53 bits per heavy atom. The Bertz CT molecular complexity index is 903. The monoisotopic (exact) mass is 532 g/mol. The Kier molecular flexibility index (Phi) is 9.45. The molecule has 12 nitrogen and oxygen atoms in total. The van der Waals surface area contributed by atoms with Gasteiger partial charge < -0.3 is 15.1 Å². The van der Waals surface area contributed by atoms with Gasteiger partial charge >= 0.3 is 0 Å². The number of fused-ring (bicyclic) bond motifs is 2. The number of benzene rings is 1. The topological polar surface area (TPSA) is 210 Å². The van der Waals surface area contributed by atoms with Crippen molar-refractivity contribution < 1.29 is 57.8 Å². The molecule has 0 bridgehead atoms. The molecule has 4 rings (SSSR count). The molecule has 0 amide bonds. The van der Waals surface area contributed by atoms with Crippen molar-refractivity contribution in [1.29, 1.82) is 0 Å². The molecule has 1 aromatic heterocycles. The summed E-state index contributed by atoms with van der Waals surface area (Å²) in [6.07, 6.45) is 0. The lowest BCUT2D eigenvalue weighted by Gasteiger charge is -2.34. The third kappa shape index (κ3) is 9.68. The number of anilines is 2. The lowest BCUT2D eigenvalue weighted by Crippen LogP contribution is -2.58. The molecule has 0 radical (unpaired) electrons. The second-order valence-electron chi connectivity index (χ2n) is 6.50. The Hall–Kier alpha value is -1.30. The molecule has 1 fully saturated rings. The number of amidine groups is 1. The average molecular weight is 534 g/mol. The molecule has 2 aliphatic rings. The van der Waals surface area contributed by atoms with Gasteiger partial charge in [0, 0.05) is 42.0 Å². The van der Waals surface area contributed by atoms with E-state index in [4.69, 9.17) is 53.9 Å². The highest BCUT2D eigenvalue weighted by molar-refractivity contribution is 7.08. The maximum absolute atomic E-state index is 8.60. The molecular weight excluding hydrogens is 515 g/mol. The predicted octanol–water partition coefficient (Wildman–Crippen LogP) is -4.46. The smallest absolute Gasteiger partial charge is 0.139 e. The van der Waals surface area contributed by atoms with Crippen LogP contribution in [0, 0.1) is 20.5 Å². The largest absolute Gasteiger partial charge is 0.353 e. The van der Waals surface area contributed by atoms with Crippen LogP contribution in [0.25, 0.3) is 0 Å². The average Bonchev–Trinajstić information content (AvgIpc) is 3.02. The standard InChI is InChI=1S/C16H17ClN4S.2ClHO4/c1-20-4-6-21(7-5-20)16-12-9-22-10-15(12)18-13-3-2-11(17)8-14(13)19-16;2*2-1(3,4)5/h2-3,8-10,18H,4-7H2,1H3;2*(H,2,3,4,5). The summed E-state index contributed by atoms with van der Waals surface area (Å²) in [6.45, 7) is 4.13. The van der Waals surface area contributed by atoms with Gasteiger partial charge in [0.25, 0.3) is 0 Å². The van der Waals surface area contributed by atoms with Gasteiger partial charge in [0.05, 0.1) is 52.4 Å². The van der Waals surface area contributed by atoms with Crippen molar-refractivity contribution in [3.63, 3.8) is 0 Å². The number of rotatable bonds is 0. The van der Waals surface area contributed by atoms with Crippen LogP contribution in [0.4, 0.5) is 17.1 Å². The number of likely N-dealkylation sites (N-methyl/N-ethyl adjacent to an activating group) is 1. The van der Waals surface area contributed by atoms with E-state index in [9.17, 15) is 0 Å². The van der Waals surface area contributed by atoms with Crippen molar-refractivity contribution in [3.05, 3.63) is 39.5 Å². The second-order valence-corrected chi connectivity index (χ2v) is 9.27. The molecule has 3 heterocycles. The number of halogens is 3. The molecule has 0 atom stereocenters. The number of aliphatic imine (C=N–C) groups is 1. The first kappa shape index (κ1) is 26.9. The SMILES string of the molecule is CN1CCN(C2=Nc3cc(Cl)ccc3Nc3cscc32)CC1.[O-][Cl+3]([O-])([O-])O.[O-][Cl+3]([O-])([O-])O. The van der Waals surface area contributed by atoms with Gasteiger partial charge in [-0.15, -0.1) is 11.3 Å². The number of piperazine rings is 1. The van der Waals surface area contributed by atoms with E-state index in [0.717, 1.165) is 49.1 Å². The molecule has 2 aromatic rings. The summed E-state index contributed by atoms with van der Waals surface area (Å²) in [6, 6.07) is 5.82. The first-order valence-electron chi connectivity index (χ1n) is 8.62. The van der Waals surface area contributed by atoms with E-state index in [1.165, 1.54) is 5.56 Å². The number of hydrogen-bond acceptors (Lipinski definition) is 13. The zero-order valence-electron chi connectivity index (χ0n) is 16.4. The maximum atomic E-state index is 8.60. The fourth-order valence-electron chi connectivity index (χ4n) is 2.85. The van der Waals surface area contributed by atoms with Crippen LogP contribution in [0.5, 0.6) is 0 Å². The third-order valence-corrected chi connectivity index (χ3v) is 5.14. The van der Waals surface area contributed by atoms with E-state index >= 15 is 0 Å². The summed E-state index contributed by atoms with van der Waals surface area (Å²) in [4.78, 5) is 9.68. The molecule has 32 heavy (non-hydrogen) atoms. The van der Waals surface area contributed by atoms with Crippen LogP contribution in [0.1, 0.15) is 5.56 Å². The Morgan fingerprint density at radius 1 is 0.969 bits per heavy atom. The molecule has 0 spiro atoms. The summed E-state index contributed by atoms with van der Waals surface area (Å²) < 4.78 is 65.4. The normalized spacial score (nSPS) is 16.2. The molecule has 178 valence electrons. The van der Waals surface area contributed by atoms with E-state index < -0.39 is 20.5 Å². The van der Waals surface area contributed by atoms with Gasteiger partial charge in [0.2, 0.25) is 0 Å². The number of thiophene rings is 1. The van der Waals surface area contributed by atoms with Gasteiger partial charge in [-0.3, -0.25) is 0 Å². The summed E-state index contributed by atoms with van der Waals surface area (Å²) in [5, 5.41) is 8.52. The predicted molar refractivity (Wildman–Crippen MR) is 98.8 cm³/mol. The molecule has 1 saturated heterocycles. The van der Waals surface area contributed by atoms with Crippen molar-refractivity contribution in [2.45, 2.75) is 0 Å². The van der Waals surface area contributed by atoms with Gasteiger partial charge in [-0.1, -0.05) is 11.6 Å². The lowest BCUT2D eigenvalue weighted by atomic mass is 10.2. The summed E-state index contributed by atoms with van der Waals surface area (Å²) >= 11 is 7.86. The van der Waals surface area contributed by atoms with Crippen LogP contribution < -0.4 is 33.3 Å². The van der Waals surface area contributed by atoms with Gasteiger partial charge in [-0.05, 0) is 25.2 Å². The molecule has 3 N–H and O–H groups in total. The van der Waals surface area contributed by atoms with Gasteiger partial charge in [0.1, 0.15) is 5.84 Å². The molecule has 0 unspecified atom stereocenters. The highest BCUT2D eigenvalue weighted by Crippen LogP contribution is 2.37. The Balaban J connectivity index is 0.000000308. The Labute approximate surface area is 196 Å². The van der Waals surface area contributed by atoms with Gasteiger partial charge in [-0.25, -0.2) is 4.99 Å². The van der Waals surface area contributed by atoms with Crippen LogP contribution >= 0.6 is 22.9 Å². The summed E-state index contributed by atoms with van der Waals surface area (Å²) in [5.74, 6) is 1.05. The molecule has 2 aliphatic heterocycles. The van der Waals surface area contributed by atoms with Crippen molar-refractivity contribution in [3.8, 4) is 0 Å². The maximum Gasteiger partial charge on any atom is 0.139 e. The van der Waals surface area contributed by atoms with Crippen molar-refractivity contribution in [2.24, 2.45) is 4.99 Å². The van der Waals surface area contributed by atoms with Crippen LogP contribution in [-0.4, -0.2) is 58.2 Å². The minimum atomic E-state index is -4.69. The van der Waals surface area contributed by atoms with Gasteiger partial charge in [-0.2, -0.15) is 28.0 Å². The van der Waals surface area contributed by atoms with E-state index in [2.05, 4.69) is 32.9 Å².